The summed E-state index contributed by atoms with van der Waals surface area (Å²) in [6.45, 7) is 12.8. The molecule has 0 radical (unpaired) electrons. The maximum Gasteiger partial charge on any atom is 0.245 e. The van der Waals surface area contributed by atoms with E-state index in [1.807, 2.05) is 23.7 Å². The molecule has 4 aromatic heterocycles. The molecule has 34 heavy (non-hydrogen) atoms. The molecule has 1 saturated heterocycles. The fourth-order valence-corrected chi connectivity index (χ4v) is 4.69. The van der Waals surface area contributed by atoms with Crippen molar-refractivity contribution in [3.8, 4) is 28.3 Å². The van der Waals surface area contributed by atoms with Crippen molar-refractivity contribution in [2.45, 2.75) is 47.5 Å². The molecular weight excluding hydrogens is 426 g/mol. The molecule has 8 nitrogen and oxygen atoms in total. The highest BCUT2D eigenvalue weighted by atomic mass is 16.3. The van der Waals surface area contributed by atoms with Crippen LogP contribution in [0, 0.1) is 18.3 Å². The van der Waals surface area contributed by atoms with Crippen LogP contribution < -0.4 is 4.90 Å². The Kier molecular flexibility index (Phi) is 5.46. The number of imidazole rings is 1. The predicted molar refractivity (Wildman–Crippen MR) is 133 cm³/mol. The Morgan fingerprint density at radius 1 is 1.06 bits per heavy atom. The minimum atomic E-state index is 0.0512. The lowest BCUT2D eigenvalue weighted by atomic mass is 9.80. The average Bonchev–Trinajstić information content (AvgIpc) is 3.45. The molecule has 4 aromatic rings. The maximum absolute atomic E-state index is 10.8. The minimum Gasteiger partial charge on any atom is -0.506 e. The Bertz CT molecular complexity index is 1340. The first-order valence-corrected chi connectivity index (χ1v) is 11.9. The number of rotatable bonds is 4. The van der Waals surface area contributed by atoms with Crippen molar-refractivity contribution < 1.29 is 5.11 Å². The van der Waals surface area contributed by atoms with Crippen molar-refractivity contribution in [1.29, 1.82) is 0 Å². The standard InChI is InChI=1S/C26H31N7O/c1-6-17-9-19(14-33-13-16(2)29-24(17)33)18-10-22(34)23(27-11-18)21-12-28-25(31-30-21)32-8-7-20(15-32)26(3,4)5/h9-14,20,34H,6-8,15H2,1-5H3/t20-/m0/s1. The molecule has 0 bridgehead atoms. The number of pyridine rings is 2. The summed E-state index contributed by atoms with van der Waals surface area (Å²) in [5.74, 6) is 1.28. The monoisotopic (exact) mass is 457 g/mol. The molecule has 8 heteroatoms. The lowest BCUT2D eigenvalue weighted by Crippen LogP contribution is -2.27. The van der Waals surface area contributed by atoms with Gasteiger partial charge in [0, 0.05) is 42.8 Å². The summed E-state index contributed by atoms with van der Waals surface area (Å²) >= 11 is 0. The maximum atomic E-state index is 10.8. The summed E-state index contributed by atoms with van der Waals surface area (Å²) in [5, 5.41) is 19.4. The average molecular weight is 458 g/mol. The van der Waals surface area contributed by atoms with Gasteiger partial charge in [0.05, 0.1) is 11.9 Å². The molecule has 176 valence electrons. The molecule has 1 aliphatic heterocycles. The van der Waals surface area contributed by atoms with E-state index in [4.69, 9.17) is 0 Å². The highest BCUT2D eigenvalue weighted by Gasteiger charge is 2.33. The van der Waals surface area contributed by atoms with Gasteiger partial charge in [-0.2, -0.15) is 0 Å². The third kappa shape index (κ3) is 4.08. The fourth-order valence-electron chi connectivity index (χ4n) is 4.69. The number of hydrogen-bond acceptors (Lipinski definition) is 7. The molecule has 0 saturated carbocycles. The number of aromatic nitrogens is 6. The van der Waals surface area contributed by atoms with Crippen molar-refractivity contribution in [3.05, 3.63) is 48.2 Å². The van der Waals surface area contributed by atoms with Crippen LogP contribution in [-0.4, -0.2) is 47.7 Å². The zero-order chi connectivity index (χ0) is 24.0. The SMILES string of the molecule is CCc1cc(-c2cnc(-c3cnc(N4CC[C@H](C(C)(C)C)C4)nn3)c(O)c2)cn2cc(C)nc12. The second-order valence-electron chi connectivity index (χ2n) is 10.3. The van der Waals surface area contributed by atoms with Gasteiger partial charge in [-0.3, -0.25) is 0 Å². The molecule has 1 aliphatic rings. The number of aromatic hydroxyl groups is 1. The number of anilines is 1. The van der Waals surface area contributed by atoms with Crippen LogP contribution in [0.2, 0.25) is 0 Å². The first kappa shape index (κ1) is 22.3. The number of hydrogen-bond donors (Lipinski definition) is 1. The van der Waals surface area contributed by atoms with E-state index in [0.29, 0.717) is 23.3 Å². The van der Waals surface area contributed by atoms with Crippen LogP contribution in [-0.2, 0) is 6.42 Å². The predicted octanol–water partition coefficient (Wildman–Crippen LogP) is 4.70. The fraction of sp³-hybridized carbons (Fsp3) is 0.423. The smallest absolute Gasteiger partial charge is 0.245 e. The Labute approximate surface area is 199 Å². The molecule has 0 unspecified atom stereocenters. The summed E-state index contributed by atoms with van der Waals surface area (Å²) < 4.78 is 2.03. The summed E-state index contributed by atoms with van der Waals surface area (Å²) in [4.78, 5) is 15.8. The molecule has 1 fully saturated rings. The Balaban J connectivity index is 1.40. The molecule has 0 aliphatic carbocycles. The third-order valence-electron chi connectivity index (χ3n) is 6.82. The number of nitrogens with zero attached hydrogens (tertiary/aromatic N) is 7. The quantitative estimate of drug-likeness (QED) is 0.475. The summed E-state index contributed by atoms with van der Waals surface area (Å²) in [7, 11) is 0. The van der Waals surface area contributed by atoms with Crippen LogP contribution in [0.15, 0.2) is 36.9 Å². The topological polar surface area (TPSA) is 92.3 Å². The van der Waals surface area contributed by atoms with E-state index in [2.05, 4.69) is 63.8 Å². The van der Waals surface area contributed by atoms with E-state index in [1.54, 1.807) is 18.5 Å². The Morgan fingerprint density at radius 3 is 2.53 bits per heavy atom. The van der Waals surface area contributed by atoms with Crippen LogP contribution >= 0.6 is 0 Å². The van der Waals surface area contributed by atoms with Crippen molar-refractivity contribution >= 4 is 11.6 Å². The van der Waals surface area contributed by atoms with E-state index >= 15 is 0 Å². The largest absolute Gasteiger partial charge is 0.506 e. The van der Waals surface area contributed by atoms with Gasteiger partial charge in [0.2, 0.25) is 5.95 Å². The zero-order valence-corrected chi connectivity index (χ0v) is 20.4. The van der Waals surface area contributed by atoms with Gasteiger partial charge < -0.3 is 14.4 Å². The molecule has 1 atom stereocenters. The highest BCUT2D eigenvalue weighted by Crippen LogP contribution is 2.35. The summed E-state index contributed by atoms with van der Waals surface area (Å²) in [5.41, 5.74) is 5.97. The summed E-state index contributed by atoms with van der Waals surface area (Å²) in [6, 6.07) is 3.83. The van der Waals surface area contributed by atoms with E-state index in [-0.39, 0.29) is 11.2 Å². The Hall–Kier alpha value is -3.55. The first-order chi connectivity index (χ1) is 16.2. The van der Waals surface area contributed by atoms with E-state index < -0.39 is 0 Å². The first-order valence-electron chi connectivity index (χ1n) is 11.9. The zero-order valence-electron chi connectivity index (χ0n) is 20.4. The Morgan fingerprint density at radius 2 is 1.88 bits per heavy atom. The van der Waals surface area contributed by atoms with Crippen molar-refractivity contribution in [2.24, 2.45) is 11.3 Å². The van der Waals surface area contributed by atoms with Gasteiger partial charge in [0.15, 0.2) is 0 Å². The van der Waals surface area contributed by atoms with Crippen LogP contribution in [0.3, 0.4) is 0 Å². The molecule has 0 amide bonds. The van der Waals surface area contributed by atoms with E-state index in [0.717, 1.165) is 54.0 Å². The molecule has 0 aromatic carbocycles. The van der Waals surface area contributed by atoms with Crippen molar-refractivity contribution in [2.75, 3.05) is 18.0 Å². The second kappa shape index (κ2) is 8.34. The third-order valence-corrected chi connectivity index (χ3v) is 6.82. The van der Waals surface area contributed by atoms with Gasteiger partial charge in [-0.1, -0.05) is 27.7 Å². The van der Waals surface area contributed by atoms with Gasteiger partial charge in [0.1, 0.15) is 22.8 Å². The number of fused-ring (bicyclic) bond motifs is 1. The lowest BCUT2D eigenvalue weighted by Gasteiger charge is -2.26. The van der Waals surface area contributed by atoms with Crippen LogP contribution in [0.1, 0.15) is 45.4 Å². The van der Waals surface area contributed by atoms with Crippen LogP contribution in [0.5, 0.6) is 5.75 Å². The second-order valence-corrected chi connectivity index (χ2v) is 10.3. The van der Waals surface area contributed by atoms with Gasteiger partial charge in [-0.15, -0.1) is 10.2 Å². The molecule has 1 N–H and O–H groups in total. The molecule has 5 heterocycles. The normalized spacial score (nSPS) is 16.5. The van der Waals surface area contributed by atoms with Gasteiger partial charge in [-0.05, 0) is 48.8 Å². The van der Waals surface area contributed by atoms with Crippen LogP contribution in [0.4, 0.5) is 5.95 Å². The number of aryl methyl sites for hydroxylation is 2. The van der Waals surface area contributed by atoms with Gasteiger partial charge in [0.25, 0.3) is 0 Å². The minimum absolute atomic E-state index is 0.0512. The van der Waals surface area contributed by atoms with Crippen molar-refractivity contribution in [3.63, 3.8) is 0 Å². The van der Waals surface area contributed by atoms with Crippen molar-refractivity contribution in [1.82, 2.24) is 29.5 Å². The highest BCUT2D eigenvalue weighted by molar-refractivity contribution is 5.72. The van der Waals surface area contributed by atoms with Gasteiger partial charge >= 0.3 is 0 Å². The van der Waals surface area contributed by atoms with E-state index in [1.165, 1.54) is 0 Å². The van der Waals surface area contributed by atoms with Gasteiger partial charge in [-0.25, -0.2) is 15.0 Å². The molecule has 5 rings (SSSR count). The molecular formula is C26H31N7O. The van der Waals surface area contributed by atoms with E-state index in [9.17, 15) is 5.11 Å². The molecule has 0 spiro atoms. The lowest BCUT2D eigenvalue weighted by molar-refractivity contribution is 0.263. The summed E-state index contributed by atoms with van der Waals surface area (Å²) in [6.07, 6.45) is 9.41. The van der Waals surface area contributed by atoms with Crippen LogP contribution in [0.25, 0.3) is 28.2 Å².